The zero-order valence-corrected chi connectivity index (χ0v) is 9.39. The number of alkyl halides is 3. The molecule has 1 nitrogen and oxygen atoms in total. The SMILES string of the molecule is N[C@@H](c1ccc2cc(Cl)ccc2c1)C(F)(F)F. The van der Waals surface area contributed by atoms with Crippen molar-refractivity contribution < 1.29 is 13.2 Å². The summed E-state index contributed by atoms with van der Waals surface area (Å²) in [6.07, 6.45) is -4.43. The lowest BCUT2D eigenvalue weighted by molar-refractivity contribution is -0.149. The molecule has 0 aromatic heterocycles. The highest BCUT2D eigenvalue weighted by Crippen LogP contribution is 2.32. The molecule has 0 spiro atoms. The van der Waals surface area contributed by atoms with E-state index in [1.807, 2.05) is 0 Å². The van der Waals surface area contributed by atoms with E-state index in [-0.39, 0.29) is 5.56 Å². The third-order valence-corrected chi connectivity index (χ3v) is 2.77. The molecule has 0 aliphatic carbocycles. The van der Waals surface area contributed by atoms with Crippen molar-refractivity contribution in [1.82, 2.24) is 0 Å². The lowest BCUT2D eigenvalue weighted by atomic mass is 10.0. The molecule has 0 heterocycles. The summed E-state index contributed by atoms with van der Waals surface area (Å²) < 4.78 is 37.4. The van der Waals surface area contributed by atoms with E-state index in [0.717, 1.165) is 5.39 Å². The quantitative estimate of drug-likeness (QED) is 0.821. The summed E-state index contributed by atoms with van der Waals surface area (Å²) in [7, 11) is 0. The summed E-state index contributed by atoms with van der Waals surface area (Å²) in [5, 5.41) is 2.02. The van der Waals surface area contributed by atoms with Crippen LogP contribution in [0.1, 0.15) is 11.6 Å². The maximum absolute atomic E-state index is 12.5. The summed E-state index contributed by atoms with van der Waals surface area (Å²) in [5.41, 5.74) is 5.19. The summed E-state index contributed by atoms with van der Waals surface area (Å²) in [5.74, 6) is 0. The van der Waals surface area contributed by atoms with E-state index in [2.05, 4.69) is 0 Å². The van der Waals surface area contributed by atoms with E-state index in [0.29, 0.717) is 10.4 Å². The van der Waals surface area contributed by atoms with E-state index < -0.39 is 12.2 Å². The van der Waals surface area contributed by atoms with Crippen molar-refractivity contribution in [2.75, 3.05) is 0 Å². The maximum atomic E-state index is 12.5. The predicted octanol–water partition coefficient (Wildman–Crippen LogP) is 4.06. The smallest absolute Gasteiger partial charge is 0.316 e. The Bertz CT molecular complexity index is 551. The minimum absolute atomic E-state index is 0.0484. The van der Waals surface area contributed by atoms with Gasteiger partial charge in [0.05, 0.1) is 0 Å². The van der Waals surface area contributed by atoms with Gasteiger partial charge in [-0.1, -0.05) is 29.8 Å². The van der Waals surface area contributed by atoms with Gasteiger partial charge in [0.15, 0.2) is 0 Å². The molecule has 0 aliphatic rings. The van der Waals surface area contributed by atoms with Crippen LogP contribution in [0.4, 0.5) is 13.2 Å². The van der Waals surface area contributed by atoms with Gasteiger partial charge in [0.2, 0.25) is 0 Å². The van der Waals surface area contributed by atoms with Crippen molar-refractivity contribution in [3.8, 4) is 0 Å². The molecule has 0 bridgehead atoms. The van der Waals surface area contributed by atoms with Gasteiger partial charge in [0.25, 0.3) is 0 Å². The molecule has 2 aromatic rings. The van der Waals surface area contributed by atoms with Crippen LogP contribution in [-0.2, 0) is 0 Å². The predicted molar refractivity (Wildman–Crippen MR) is 61.9 cm³/mol. The molecule has 0 unspecified atom stereocenters. The molecule has 0 amide bonds. The molecule has 17 heavy (non-hydrogen) atoms. The second kappa shape index (κ2) is 4.20. The molecule has 2 aromatic carbocycles. The van der Waals surface area contributed by atoms with Crippen LogP contribution in [0.15, 0.2) is 36.4 Å². The molecular formula is C12H9ClF3N. The monoisotopic (exact) mass is 259 g/mol. The van der Waals surface area contributed by atoms with Crippen LogP contribution in [0.5, 0.6) is 0 Å². The Morgan fingerprint density at radius 2 is 1.59 bits per heavy atom. The Labute approximate surface area is 101 Å². The standard InChI is InChI=1S/C12H9ClF3N/c13-10-4-3-7-5-9(2-1-8(7)6-10)11(17)12(14,15)16/h1-6,11H,17H2/t11-/m0/s1. The third kappa shape index (κ3) is 2.53. The molecule has 2 N–H and O–H groups in total. The average molecular weight is 260 g/mol. The molecule has 5 heteroatoms. The number of hydrogen-bond donors (Lipinski definition) is 1. The molecule has 2 rings (SSSR count). The molecular weight excluding hydrogens is 251 g/mol. The van der Waals surface area contributed by atoms with Crippen molar-refractivity contribution in [2.24, 2.45) is 5.73 Å². The molecule has 0 saturated carbocycles. The molecule has 90 valence electrons. The molecule has 1 atom stereocenters. The molecule has 0 saturated heterocycles. The van der Waals surface area contributed by atoms with Crippen LogP contribution in [0, 0.1) is 0 Å². The number of hydrogen-bond acceptors (Lipinski definition) is 1. The van der Waals surface area contributed by atoms with Gasteiger partial charge in [0.1, 0.15) is 6.04 Å². The van der Waals surface area contributed by atoms with Gasteiger partial charge in [0, 0.05) is 5.02 Å². The fourth-order valence-corrected chi connectivity index (χ4v) is 1.80. The Hall–Kier alpha value is -1.26. The van der Waals surface area contributed by atoms with Crippen LogP contribution in [0.3, 0.4) is 0 Å². The zero-order valence-electron chi connectivity index (χ0n) is 8.63. The summed E-state index contributed by atoms with van der Waals surface area (Å²) in [6, 6.07) is 7.43. The maximum Gasteiger partial charge on any atom is 0.407 e. The summed E-state index contributed by atoms with van der Waals surface area (Å²) in [4.78, 5) is 0. The summed E-state index contributed by atoms with van der Waals surface area (Å²) in [6.45, 7) is 0. The molecule has 0 aliphatic heterocycles. The number of halogens is 4. The van der Waals surface area contributed by atoms with Gasteiger partial charge in [-0.05, 0) is 34.5 Å². The number of rotatable bonds is 1. The minimum atomic E-state index is -4.43. The lowest BCUT2D eigenvalue weighted by Gasteiger charge is -2.16. The Morgan fingerprint density at radius 3 is 2.24 bits per heavy atom. The molecule has 0 radical (unpaired) electrons. The highest BCUT2D eigenvalue weighted by Gasteiger charge is 2.37. The van der Waals surface area contributed by atoms with Gasteiger partial charge in [-0.3, -0.25) is 0 Å². The normalized spacial score (nSPS) is 13.9. The van der Waals surface area contributed by atoms with Crippen molar-refractivity contribution >= 4 is 22.4 Å². The largest absolute Gasteiger partial charge is 0.407 e. The first-order chi connectivity index (χ1) is 7.88. The van der Waals surface area contributed by atoms with Gasteiger partial charge in [-0.2, -0.15) is 13.2 Å². The number of fused-ring (bicyclic) bond motifs is 1. The van der Waals surface area contributed by atoms with E-state index in [4.69, 9.17) is 17.3 Å². The van der Waals surface area contributed by atoms with Gasteiger partial charge in [-0.25, -0.2) is 0 Å². The fraction of sp³-hybridized carbons (Fsp3) is 0.167. The first-order valence-electron chi connectivity index (χ1n) is 4.89. The van der Waals surface area contributed by atoms with Crippen LogP contribution >= 0.6 is 11.6 Å². The second-order valence-electron chi connectivity index (χ2n) is 3.77. The van der Waals surface area contributed by atoms with E-state index in [1.54, 1.807) is 24.3 Å². The Balaban J connectivity index is 2.48. The van der Waals surface area contributed by atoms with Gasteiger partial charge in [-0.15, -0.1) is 0 Å². The Kier molecular flexibility index (Phi) is 3.02. The number of nitrogens with two attached hydrogens (primary N) is 1. The van der Waals surface area contributed by atoms with Crippen LogP contribution in [0.25, 0.3) is 10.8 Å². The average Bonchev–Trinajstić information content (AvgIpc) is 2.26. The minimum Gasteiger partial charge on any atom is -0.316 e. The third-order valence-electron chi connectivity index (χ3n) is 2.54. The lowest BCUT2D eigenvalue weighted by Crippen LogP contribution is -2.28. The van der Waals surface area contributed by atoms with Crippen LogP contribution in [0.2, 0.25) is 5.02 Å². The van der Waals surface area contributed by atoms with Crippen molar-refractivity contribution in [3.05, 3.63) is 47.0 Å². The van der Waals surface area contributed by atoms with E-state index in [1.165, 1.54) is 12.1 Å². The highest BCUT2D eigenvalue weighted by atomic mass is 35.5. The summed E-state index contributed by atoms with van der Waals surface area (Å²) >= 11 is 5.79. The Morgan fingerprint density at radius 1 is 1.00 bits per heavy atom. The van der Waals surface area contributed by atoms with Crippen LogP contribution in [-0.4, -0.2) is 6.18 Å². The fourth-order valence-electron chi connectivity index (χ4n) is 1.62. The number of benzene rings is 2. The van der Waals surface area contributed by atoms with Gasteiger partial charge >= 0.3 is 6.18 Å². The topological polar surface area (TPSA) is 26.0 Å². The molecule has 0 fully saturated rings. The van der Waals surface area contributed by atoms with Gasteiger partial charge < -0.3 is 5.73 Å². The second-order valence-corrected chi connectivity index (χ2v) is 4.21. The van der Waals surface area contributed by atoms with Crippen LogP contribution < -0.4 is 5.73 Å². The zero-order chi connectivity index (χ0) is 12.6. The first kappa shape index (κ1) is 12.2. The van der Waals surface area contributed by atoms with E-state index in [9.17, 15) is 13.2 Å². The van der Waals surface area contributed by atoms with Crippen molar-refractivity contribution in [3.63, 3.8) is 0 Å². The van der Waals surface area contributed by atoms with Crippen molar-refractivity contribution in [1.29, 1.82) is 0 Å². The van der Waals surface area contributed by atoms with E-state index >= 15 is 0 Å². The highest BCUT2D eigenvalue weighted by molar-refractivity contribution is 6.31. The van der Waals surface area contributed by atoms with Crippen molar-refractivity contribution in [2.45, 2.75) is 12.2 Å². The first-order valence-corrected chi connectivity index (χ1v) is 5.27.